The van der Waals surface area contributed by atoms with E-state index in [0.717, 1.165) is 51.9 Å². The second-order valence-electron chi connectivity index (χ2n) is 7.91. The summed E-state index contributed by atoms with van der Waals surface area (Å²) in [6.07, 6.45) is 8.67. The molecule has 8 nitrogen and oxygen atoms in total. The molecule has 0 saturated heterocycles. The van der Waals surface area contributed by atoms with Gasteiger partial charge in [0.05, 0.1) is 6.10 Å². The lowest BCUT2D eigenvalue weighted by atomic mass is 10.00. The van der Waals surface area contributed by atoms with E-state index in [4.69, 9.17) is 5.11 Å². The highest BCUT2D eigenvalue weighted by atomic mass is 16.4. The highest BCUT2D eigenvalue weighted by Gasteiger charge is 2.35. The lowest BCUT2D eigenvalue weighted by Gasteiger charge is -2.26. The molecule has 5 atom stereocenters. The molecule has 0 radical (unpaired) electrons. The fourth-order valence-electron chi connectivity index (χ4n) is 3.21. The lowest BCUT2D eigenvalue weighted by Crippen LogP contribution is -2.55. The quantitative estimate of drug-likeness (QED) is 0.143. The molecule has 8 heteroatoms. The summed E-state index contributed by atoms with van der Waals surface area (Å²) in [5, 5.41) is 50.8. The predicted octanol–water partition coefficient (Wildman–Crippen LogP) is 1.89. The molecule has 0 aliphatic heterocycles. The van der Waals surface area contributed by atoms with Crippen LogP contribution in [-0.2, 0) is 9.59 Å². The molecule has 30 heavy (non-hydrogen) atoms. The molecule has 0 aliphatic rings. The van der Waals surface area contributed by atoms with Crippen molar-refractivity contribution >= 4 is 11.9 Å². The third kappa shape index (κ3) is 13.7. The molecular weight excluding hydrogens is 390 g/mol. The Morgan fingerprint density at radius 1 is 0.867 bits per heavy atom. The van der Waals surface area contributed by atoms with Crippen LogP contribution in [0.4, 0.5) is 0 Å². The molecule has 0 aliphatic carbocycles. The van der Waals surface area contributed by atoms with E-state index in [9.17, 15) is 30.0 Å². The number of allylic oxidation sites excluding steroid dienone is 1. The van der Waals surface area contributed by atoms with E-state index in [-0.39, 0.29) is 6.10 Å². The van der Waals surface area contributed by atoms with Crippen molar-refractivity contribution in [3.63, 3.8) is 0 Å². The summed E-state index contributed by atoms with van der Waals surface area (Å²) in [6.45, 7) is 3.26. The summed E-state index contributed by atoms with van der Waals surface area (Å²) < 4.78 is 0. The summed E-state index contributed by atoms with van der Waals surface area (Å²) in [7, 11) is 0. The average Bonchev–Trinajstić information content (AvgIpc) is 2.69. The number of amides is 1. The molecule has 0 saturated carbocycles. The van der Waals surface area contributed by atoms with E-state index in [1.165, 1.54) is 25.3 Å². The van der Waals surface area contributed by atoms with Crippen molar-refractivity contribution in [1.82, 2.24) is 5.32 Å². The van der Waals surface area contributed by atoms with Gasteiger partial charge in [-0.1, -0.05) is 64.0 Å². The van der Waals surface area contributed by atoms with Gasteiger partial charge >= 0.3 is 5.97 Å². The number of carbonyl (C=O) groups excluding carboxylic acids is 1. The Labute approximate surface area is 180 Å². The van der Waals surface area contributed by atoms with E-state index < -0.39 is 36.2 Å². The first-order valence-electron chi connectivity index (χ1n) is 11.1. The summed E-state index contributed by atoms with van der Waals surface area (Å²) in [5.41, 5.74) is 0. The summed E-state index contributed by atoms with van der Waals surface area (Å²) in [5.74, 6) is -2.17. The Bertz CT molecular complexity index is 498. The van der Waals surface area contributed by atoms with Crippen molar-refractivity contribution in [2.75, 3.05) is 0 Å². The fraction of sp³-hybridized carbons (Fsp3) is 0.818. The second-order valence-corrected chi connectivity index (χ2v) is 7.91. The first-order chi connectivity index (χ1) is 14.2. The van der Waals surface area contributed by atoms with Crippen LogP contribution in [0.3, 0.4) is 0 Å². The predicted molar refractivity (Wildman–Crippen MR) is 115 cm³/mol. The number of unbranched alkanes of at least 4 members (excludes halogenated alkanes) is 7. The first kappa shape index (κ1) is 28.5. The Hall–Kier alpha value is -1.48. The van der Waals surface area contributed by atoms with Gasteiger partial charge in [-0.25, -0.2) is 4.79 Å². The SMILES string of the molecule is CCCCCC[C@H](O)CCCCCC/C=C/[C@H](O)[C@@H](O)[C@H](O)[C@H](NC(C)=O)C(=O)O. The molecule has 176 valence electrons. The molecule has 0 rings (SSSR count). The van der Waals surface area contributed by atoms with Gasteiger partial charge in [-0.15, -0.1) is 0 Å². The number of hydrogen-bond donors (Lipinski definition) is 6. The highest BCUT2D eigenvalue weighted by Crippen LogP contribution is 2.13. The number of carbonyl (C=O) groups is 2. The number of aliphatic carboxylic acids is 1. The van der Waals surface area contributed by atoms with E-state index in [1.54, 1.807) is 6.08 Å². The molecule has 0 spiro atoms. The lowest BCUT2D eigenvalue weighted by molar-refractivity contribution is -0.149. The largest absolute Gasteiger partial charge is 0.480 e. The van der Waals surface area contributed by atoms with Gasteiger partial charge in [0.2, 0.25) is 5.91 Å². The molecule has 0 aromatic rings. The minimum absolute atomic E-state index is 0.211. The maximum absolute atomic E-state index is 11.1. The smallest absolute Gasteiger partial charge is 0.329 e. The number of carboxylic acids is 1. The van der Waals surface area contributed by atoms with Gasteiger partial charge in [0.1, 0.15) is 18.3 Å². The number of aliphatic hydroxyl groups excluding tert-OH is 4. The Kier molecular flexibility index (Phi) is 16.4. The minimum Gasteiger partial charge on any atom is -0.480 e. The number of rotatable bonds is 18. The van der Waals surface area contributed by atoms with Crippen LogP contribution in [0.2, 0.25) is 0 Å². The molecule has 6 N–H and O–H groups in total. The highest BCUT2D eigenvalue weighted by molar-refractivity contribution is 5.82. The van der Waals surface area contributed by atoms with Crippen molar-refractivity contribution in [2.24, 2.45) is 0 Å². The van der Waals surface area contributed by atoms with Gasteiger partial charge in [0.25, 0.3) is 0 Å². The zero-order valence-electron chi connectivity index (χ0n) is 18.4. The Balaban J connectivity index is 4.01. The molecule has 0 fully saturated rings. The molecule has 1 amide bonds. The van der Waals surface area contributed by atoms with Crippen LogP contribution in [0.25, 0.3) is 0 Å². The zero-order valence-corrected chi connectivity index (χ0v) is 18.4. The summed E-state index contributed by atoms with van der Waals surface area (Å²) >= 11 is 0. The van der Waals surface area contributed by atoms with Crippen LogP contribution >= 0.6 is 0 Å². The Morgan fingerprint density at radius 3 is 1.97 bits per heavy atom. The maximum atomic E-state index is 11.1. The molecule has 0 bridgehead atoms. The molecular formula is C22H41NO7. The van der Waals surface area contributed by atoms with Crippen molar-refractivity contribution in [1.29, 1.82) is 0 Å². The molecule has 0 unspecified atom stereocenters. The number of hydrogen-bond acceptors (Lipinski definition) is 6. The van der Waals surface area contributed by atoms with Crippen LogP contribution < -0.4 is 5.32 Å². The third-order valence-electron chi connectivity index (χ3n) is 5.05. The summed E-state index contributed by atoms with van der Waals surface area (Å²) in [4.78, 5) is 22.1. The van der Waals surface area contributed by atoms with E-state index in [1.807, 2.05) is 5.32 Å². The summed E-state index contributed by atoms with van der Waals surface area (Å²) in [6, 6.07) is -1.71. The number of carboxylic acid groups (broad SMARTS) is 1. The third-order valence-corrected chi connectivity index (χ3v) is 5.05. The van der Waals surface area contributed by atoms with E-state index in [0.29, 0.717) is 6.42 Å². The maximum Gasteiger partial charge on any atom is 0.329 e. The fourth-order valence-corrected chi connectivity index (χ4v) is 3.21. The van der Waals surface area contributed by atoms with E-state index >= 15 is 0 Å². The Morgan fingerprint density at radius 2 is 1.43 bits per heavy atom. The van der Waals surface area contributed by atoms with Gasteiger partial charge in [-0.2, -0.15) is 0 Å². The topological polar surface area (TPSA) is 147 Å². The van der Waals surface area contributed by atoms with Crippen molar-refractivity contribution < 1.29 is 35.1 Å². The van der Waals surface area contributed by atoms with Gasteiger partial charge in [-0.05, 0) is 25.7 Å². The molecule has 0 aromatic carbocycles. The van der Waals surface area contributed by atoms with Crippen LogP contribution in [-0.4, -0.2) is 67.9 Å². The monoisotopic (exact) mass is 431 g/mol. The second kappa shape index (κ2) is 17.2. The van der Waals surface area contributed by atoms with Crippen LogP contribution in [0.1, 0.15) is 84.5 Å². The number of aliphatic hydroxyl groups is 4. The first-order valence-corrected chi connectivity index (χ1v) is 11.1. The van der Waals surface area contributed by atoms with Gasteiger partial charge in [0.15, 0.2) is 6.04 Å². The zero-order chi connectivity index (χ0) is 22.9. The van der Waals surface area contributed by atoms with Gasteiger partial charge in [-0.3, -0.25) is 4.79 Å². The van der Waals surface area contributed by atoms with Crippen LogP contribution in [0.15, 0.2) is 12.2 Å². The molecule has 0 heterocycles. The standard InChI is InChI=1S/C22H41NO7/c1-3-4-5-10-13-17(25)14-11-8-6-7-9-12-15-18(26)20(27)21(28)19(22(29)30)23-16(2)24/h12,15,17-21,25-28H,3-11,13-14H2,1-2H3,(H,23,24)(H,29,30)/b15-12+/t17-,18-,19-,20+,21+/m0/s1. The normalized spacial score (nSPS) is 16.7. The number of nitrogens with one attached hydrogen (secondary N) is 1. The van der Waals surface area contributed by atoms with Crippen LogP contribution in [0, 0.1) is 0 Å². The van der Waals surface area contributed by atoms with Crippen molar-refractivity contribution in [3.05, 3.63) is 12.2 Å². The van der Waals surface area contributed by atoms with Gasteiger partial charge < -0.3 is 30.8 Å². The minimum atomic E-state index is -1.85. The molecule has 0 aromatic heterocycles. The van der Waals surface area contributed by atoms with Gasteiger partial charge in [0, 0.05) is 6.92 Å². The van der Waals surface area contributed by atoms with Crippen molar-refractivity contribution in [3.8, 4) is 0 Å². The van der Waals surface area contributed by atoms with Crippen LogP contribution in [0.5, 0.6) is 0 Å². The average molecular weight is 432 g/mol. The van der Waals surface area contributed by atoms with Crippen molar-refractivity contribution in [2.45, 2.75) is 115 Å². The van der Waals surface area contributed by atoms with E-state index in [2.05, 4.69) is 6.92 Å².